The van der Waals surface area contributed by atoms with E-state index in [2.05, 4.69) is 0 Å². The van der Waals surface area contributed by atoms with E-state index in [1.807, 2.05) is 24.3 Å². The highest BCUT2D eigenvalue weighted by Crippen LogP contribution is 2.68. The van der Waals surface area contributed by atoms with Crippen molar-refractivity contribution in [2.24, 2.45) is 0 Å². The van der Waals surface area contributed by atoms with E-state index in [1.165, 1.54) is 0 Å². The van der Waals surface area contributed by atoms with E-state index in [1.54, 1.807) is 7.11 Å². The van der Waals surface area contributed by atoms with Crippen molar-refractivity contribution in [2.45, 2.75) is 18.0 Å². The number of rotatable bonds is 4. The standard InChI is InChI=1S/C11H12O4/c1-13-9-4-2-8(3-5-9)6-10-11(7-12,14-10)15-10/h2-5,12H,6-7H2,1H3. The molecule has 0 aliphatic carbocycles. The summed E-state index contributed by atoms with van der Waals surface area (Å²) in [6.45, 7) is -0.0663. The van der Waals surface area contributed by atoms with E-state index in [0.717, 1.165) is 11.3 Å². The first-order valence-electron chi connectivity index (χ1n) is 4.88. The molecule has 1 aromatic carbocycles. The van der Waals surface area contributed by atoms with Crippen molar-refractivity contribution in [3.63, 3.8) is 0 Å². The lowest BCUT2D eigenvalue weighted by Gasteiger charge is -2.03. The van der Waals surface area contributed by atoms with Crippen molar-refractivity contribution in [1.82, 2.24) is 0 Å². The molecule has 0 radical (unpaired) electrons. The van der Waals surface area contributed by atoms with Crippen LogP contribution in [0.25, 0.3) is 0 Å². The Morgan fingerprint density at radius 1 is 1.20 bits per heavy atom. The molecule has 2 aliphatic heterocycles. The second-order valence-corrected chi connectivity index (χ2v) is 3.89. The van der Waals surface area contributed by atoms with Gasteiger partial charge in [0.25, 0.3) is 5.79 Å². The Labute approximate surface area is 87.4 Å². The van der Waals surface area contributed by atoms with Crippen LogP contribution >= 0.6 is 0 Å². The van der Waals surface area contributed by atoms with Crippen LogP contribution in [0.5, 0.6) is 5.75 Å². The molecule has 0 atom stereocenters. The molecule has 0 amide bonds. The van der Waals surface area contributed by atoms with Gasteiger partial charge in [0.05, 0.1) is 7.11 Å². The Balaban J connectivity index is 1.69. The van der Waals surface area contributed by atoms with Crippen LogP contribution in [0, 0.1) is 0 Å². The van der Waals surface area contributed by atoms with Gasteiger partial charge in [0.15, 0.2) is 0 Å². The number of methoxy groups -OCH3 is 1. The van der Waals surface area contributed by atoms with Crippen LogP contribution in [0.1, 0.15) is 5.56 Å². The van der Waals surface area contributed by atoms with Gasteiger partial charge < -0.3 is 19.3 Å². The molecule has 2 heterocycles. The third-order valence-corrected chi connectivity index (χ3v) is 2.96. The van der Waals surface area contributed by atoms with Gasteiger partial charge in [-0.2, -0.15) is 0 Å². The first-order chi connectivity index (χ1) is 7.24. The molecule has 0 spiro atoms. The summed E-state index contributed by atoms with van der Waals surface area (Å²) in [7, 11) is 1.64. The summed E-state index contributed by atoms with van der Waals surface area (Å²) in [6, 6.07) is 7.74. The number of aliphatic hydroxyl groups excluding tert-OH is 1. The zero-order valence-corrected chi connectivity index (χ0v) is 8.40. The van der Waals surface area contributed by atoms with E-state index >= 15 is 0 Å². The van der Waals surface area contributed by atoms with E-state index < -0.39 is 11.6 Å². The van der Waals surface area contributed by atoms with Crippen LogP contribution < -0.4 is 4.74 Å². The summed E-state index contributed by atoms with van der Waals surface area (Å²) in [4.78, 5) is 0. The van der Waals surface area contributed by atoms with Gasteiger partial charge in [0, 0.05) is 6.42 Å². The van der Waals surface area contributed by atoms with E-state index in [4.69, 9.17) is 19.3 Å². The number of epoxide rings is 2. The average Bonchev–Trinajstić information content (AvgIpc) is 3.05. The molecule has 3 rings (SSSR count). The summed E-state index contributed by atoms with van der Waals surface area (Å²) < 4.78 is 15.6. The van der Waals surface area contributed by atoms with Crippen LogP contribution in [0.4, 0.5) is 0 Å². The number of ether oxygens (including phenoxy) is 3. The summed E-state index contributed by atoms with van der Waals surface area (Å²) in [5, 5.41) is 8.96. The lowest BCUT2D eigenvalue weighted by atomic mass is 10.1. The van der Waals surface area contributed by atoms with Crippen LogP contribution in [0.2, 0.25) is 0 Å². The van der Waals surface area contributed by atoms with Crippen LogP contribution in [-0.4, -0.2) is 30.4 Å². The zero-order chi connectivity index (χ0) is 10.5. The smallest absolute Gasteiger partial charge is 0.253 e. The van der Waals surface area contributed by atoms with Gasteiger partial charge in [-0.1, -0.05) is 12.1 Å². The Bertz CT molecular complexity index is 378. The third kappa shape index (κ3) is 1.19. The van der Waals surface area contributed by atoms with Crippen LogP contribution in [-0.2, 0) is 15.9 Å². The summed E-state index contributed by atoms with van der Waals surface area (Å²) in [5.74, 6) is -0.374. The number of benzene rings is 1. The summed E-state index contributed by atoms with van der Waals surface area (Å²) in [6.07, 6.45) is 0.678. The minimum atomic E-state index is -0.674. The normalized spacial score (nSPS) is 35.9. The molecule has 0 bridgehead atoms. The molecule has 4 nitrogen and oxygen atoms in total. The molecular formula is C11H12O4. The maximum absolute atomic E-state index is 8.96. The number of hydrogen-bond acceptors (Lipinski definition) is 4. The SMILES string of the molecule is COc1ccc(CC23OC2(CO)O3)cc1. The lowest BCUT2D eigenvalue weighted by molar-refractivity contribution is -0.111. The van der Waals surface area contributed by atoms with Crippen molar-refractivity contribution in [3.05, 3.63) is 29.8 Å². The Hall–Kier alpha value is -1.10. The molecule has 2 fully saturated rings. The fraction of sp³-hybridized carbons (Fsp3) is 0.455. The van der Waals surface area contributed by atoms with Crippen molar-refractivity contribution >= 4 is 0 Å². The largest absolute Gasteiger partial charge is 0.497 e. The molecule has 15 heavy (non-hydrogen) atoms. The average molecular weight is 208 g/mol. The predicted octanol–water partition coefficient (Wildman–Crippen LogP) is 0.683. The first-order valence-corrected chi connectivity index (χ1v) is 4.88. The summed E-state index contributed by atoms with van der Waals surface area (Å²) >= 11 is 0. The fourth-order valence-corrected chi connectivity index (χ4v) is 1.89. The fourth-order valence-electron chi connectivity index (χ4n) is 1.89. The number of hydrogen-bond donors (Lipinski definition) is 1. The first kappa shape index (κ1) is 9.15. The highest BCUT2D eigenvalue weighted by Gasteiger charge is 2.90. The van der Waals surface area contributed by atoms with Crippen molar-refractivity contribution < 1.29 is 19.3 Å². The monoisotopic (exact) mass is 208 g/mol. The van der Waals surface area contributed by atoms with E-state index in [9.17, 15) is 0 Å². The second-order valence-electron chi connectivity index (χ2n) is 3.89. The molecule has 2 saturated heterocycles. The molecule has 0 unspecified atom stereocenters. The minimum absolute atomic E-state index is 0.0663. The van der Waals surface area contributed by atoms with E-state index in [-0.39, 0.29) is 6.61 Å². The molecule has 4 heteroatoms. The third-order valence-electron chi connectivity index (χ3n) is 2.96. The van der Waals surface area contributed by atoms with Gasteiger partial charge in [-0.3, -0.25) is 0 Å². The Morgan fingerprint density at radius 3 is 2.33 bits per heavy atom. The summed E-state index contributed by atoms with van der Waals surface area (Å²) in [5.41, 5.74) is 1.11. The molecular weight excluding hydrogens is 196 g/mol. The molecule has 2 aliphatic rings. The maximum atomic E-state index is 8.96. The topological polar surface area (TPSA) is 54.5 Å². The second kappa shape index (κ2) is 2.72. The van der Waals surface area contributed by atoms with Gasteiger partial charge >= 0.3 is 0 Å². The molecule has 0 aromatic heterocycles. The maximum Gasteiger partial charge on any atom is 0.253 e. The minimum Gasteiger partial charge on any atom is -0.497 e. The van der Waals surface area contributed by atoms with Crippen LogP contribution in [0.15, 0.2) is 24.3 Å². The van der Waals surface area contributed by atoms with E-state index in [0.29, 0.717) is 6.42 Å². The Morgan fingerprint density at radius 2 is 1.87 bits per heavy atom. The zero-order valence-electron chi connectivity index (χ0n) is 8.40. The van der Waals surface area contributed by atoms with Crippen molar-refractivity contribution in [3.8, 4) is 5.75 Å². The predicted molar refractivity (Wildman–Crippen MR) is 51.4 cm³/mol. The molecule has 1 N–H and O–H groups in total. The van der Waals surface area contributed by atoms with Crippen molar-refractivity contribution in [2.75, 3.05) is 13.7 Å². The quantitative estimate of drug-likeness (QED) is 0.739. The highest BCUT2D eigenvalue weighted by molar-refractivity contribution is 5.31. The van der Waals surface area contributed by atoms with Gasteiger partial charge in [0.1, 0.15) is 12.4 Å². The number of aliphatic hydroxyl groups is 1. The van der Waals surface area contributed by atoms with Gasteiger partial charge in [-0.25, -0.2) is 0 Å². The number of fused-ring (bicyclic) bond motifs is 1. The molecule has 1 aromatic rings. The molecule has 0 saturated carbocycles. The molecule has 80 valence electrons. The van der Waals surface area contributed by atoms with Gasteiger partial charge in [-0.05, 0) is 17.7 Å². The van der Waals surface area contributed by atoms with Gasteiger partial charge in [-0.15, -0.1) is 0 Å². The Kier molecular flexibility index (Phi) is 1.66. The lowest BCUT2D eigenvalue weighted by Crippen LogP contribution is -2.03. The highest BCUT2D eigenvalue weighted by atomic mass is 17.1. The van der Waals surface area contributed by atoms with Gasteiger partial charge in [0.2, 0.25) is 5.79 Å². The van der Waals surface area contributed by atoms with Crippen LogP contribution in [0.3, 0.4) is 0 Å². The van der Waals surface area contributed by atoms with Crippen molar-refractivity contribution in [1.29, 1.82) is 0 Å².